The van der Waals surface area contributed by atoms with Crippen LogP contribution in [0.3, 0.4) is 0 Å². The fourth-order valence-electron chi connectivity index (χ4n) is 2.84. The van der Waals surface area contributed by atoms with E-state index >= 15 is 0 Å². The van der Waals surface area contributed by atoms with Gasteiger partial charge in [-0.2, -0.15) is 0 Å². The van der Waals surface area contributed by atoms with Crippen LogP contribution in [0.5, 0.6) is 5.75 Å². The Morgan fingerprint density at radius 3 is 2.29 bits per heavy atom. The first-order chi connectivity index (χ1) is 11.2. The predicted octanol–water partition coefficient (Wildman–Crippen LogP) is 5.02. The van der Waals surface area contributed by atoms with Gasteiger partial charge < -0.3 is 10.5 Å². The standard InChI is InChI=1S/C21H29NO.ClH/c1-17-13-14-21(23-16-8-15-22)20(18(17)2)12-7-6-11-19-9-4-3-5-10-19;/h3-5,9-10,13-14H,6-8,11-12,15-16,22H2,1-2H3;1H. The monoisotopic (exact) mass is 347 g/mol. The zero-order valence-electron chi connectivity index (χ0n) is 14.9. The number of hydrogen-bond donors (Lipinski definition) is 1. The van der Waals surface area contributed by atoms with E-state index in [4.69, 9.17) is 10.5 Å². The average Bonchev–Trinajstić information content (AvgIpc) is 2.58. The molecule has 0 atom stereocenters. The summed E-state index contributed by atoms with van der Waals surface area (Å²) in [5.41, 5.74) is 11.1. The molecule has 0 saturated heterocycles. The maximum absolute atomic E-state index is 5.95. The van der Waals surface area contributed by atoms with Gasteiger partial charge in [-0.05, 0) is 80.8 Å². The van der Waals surface area contributed by atoms with Crippen molar-refractivity contribution >= 4 is 12.4 Å². The third-order valence-corrected chi connectivity index (χ3v) is 4.42. The van der Waals surface area contributed by atoms with Gasteiger partial charge in [0.1, 0.15) is 5.75 Å². The molecule has 132 valence electrons. The normalized spacial score (nSPS) is 10.3. The molecule has 2 nitrogen and oxygen atoms in total. The molecule has 0 aromatic heterocycles. The number of hydrogen-bond acceptors (Lipinski definition) is 2. The van der Waals surface area contributed by atoms with E-state index in [-0.39, 0.29) is 12.4 Å². The molecular weight excluding hydrogens is 318 g/mol. The van der Waals surface area contributed by atoms with E-state index in [1.807, 2.05) is 0 Å². The molecule has 2 N–H and O–H groups in total. The first-order valence-electron chi connectivity index (χ1n) is 8.68. The van der Waals surface area contributed by atoms with Gasteiger partial charge >= 0.3 is 0 Å². The van der Waals surface area contributed by atoms with Gasteiger partial charge in [-0.15, -0.1) is 12.4 Å². The number of nitrogens with two attached hydrogens (primary N) is 1. The lowest BCUT2D eigenvalue weighted by molar-refractivity contribution is 0.309. The van der Waals surface area contributed by atoms with Gasteiger partial charge in [0, 0.05) is 0 Å². The number of benzene rings is 2. The van der Waals surface area contributed by atoms with Gasteiger partial charge in [-0.3, -0.25) is 0 Å². The number of halogens is 1. The third-order valence-electron chi connectivity index (χ3n) is 4.42. The zero-order valence-corrected chi connectivity index (χ0v) is 15.7. The molecule has 2 rings (SSSR count). The Bertz CT molecular complexity index is 598. The minimum absolute atomic E-state index is 0. The molecule has 0 unspecified atom stereocenters. The molecule has 0 aliphatic rings. The second kappa shape index (κ2) is 11.1. The van der Waals surface area contributed by atoms with Crippen molar-refractivity contribution in [1.82, 2.24) is 0 Å². The summed E-state index contributed by atoms with van der Waals surface area (Å²) in [6.45, 7) is 5.76. The van der Waals surface area contributed by atoms with Crippen LogP contribution in [-0.2, 0) is 12.8 Å². The van der Waals surface area contributed by atoms with Crippen LogP contribution in [0.25, 0.3) is 0 Å². The lowest BCUT2D eigenvalue weighted by Crippen LogP contribution is -2.08. The fourth-order valence-corrected chi connectivity index (χ4v) is 2.84. The van der Waals surface area contributed by atoms with Crippen LogP contribution >= 0.6 is 12.4 Å². The Kier molecular flexibility index (Phi) is 9.51. The lowest BCUT2D eigenvalue weighted by atomic mass is 9.96. The summed E-state index contributed by atoms with van der Waals surface area (Å²) in [7, 11) is 0. The molecule has 0 saturated carbocycles. The minimum Gasteiger partial charge on any atom is -0.493 e. The molecule has 2 aromatic carbocycles. The van der Waals surface area contributed by atoms with Crippen molar-refractivity contribution in [3.05, 3.63) is 64.7 Å². The molecule has 0 heterocycles. The van der Waals surface area contributed by atoms with E-state index in [1.54, 1.807) is 0 Å². The topological polar surface area (TPSA) is 35.2 Å². The summed E-state index contributed by atoms with van der Waals surface area (Å²) in [5, 5.41) is 0. The Morgan fingerprint density at radius 2 is 1.58 bits per heavy atom. The Hall–Kier alpha value is -1.51. The van der Waals surface area contributed by atoms with Crippen molar-refractivity contribution in [3.63, 3.8) is 0 Å². The molecule has 0 bridgehead atoms. The number of unbranched alkanes of at least 4 members (excludes halogenated alkanes) is 1. The molecule has 0 amide bonds. The van der Waals surface area contributed by atoms with Gasteiger partial charge in [0.2, 0.25) is 0 Å². The van der Waals surface area contributed by atoms with E-state index in [0.717, 1.165) is 25.0 Å². The highest BCUT2D eigenvalue weighted by Gasteiger charge is 2.09. The maximum Gasteiger partial charge on any atom is 0.122 e. The molecule has 0 radical (unpaired) electrons. The number of ether oxygens (including phenoxy) is 1. The van der Waals surface area contributed by atoms with E-state index in [0.29, 0.717) is 13.2 Å². The van der Waals surface area contributed by atoms with Crippen LogP contribution in [0.2, 0.25) is 0 Å². The van der Waals surface area contributed by atoms with Gasteiger partial charge in [0.15, 0.2) is 0 Å². The molecule has 0 aliphatic heterocycles. The first-order valence-corrected chi connectivity index (χ1v) is 8.68. The van der Waals surface area contributed by atoms with Crippen LogP contribution in [-0.4, -0.2) is 13.2 Å². The summed E-state index contributed by atoms with van der Waals surface area (Å²) in [6.07, 6.45) is 5.53. The van der Waals surface area contributed by atoms with Crippen molar-refractivity contribution in [2.24, 2.45) is 5.73 Å². The summed E-state index contributed by atoms with van der Waals surface area (Å²) in [4.78, 5) is 0. The van der Waals surface area contributed by atoms with E-state index in [1.165, 1.54) is 35.1 Å². The molecule has 24 heavy (non-hydrogen) atoms. The Morgan fingerprint density at radius 1 is 0.875 bits per heavy atom. The zero-order chi connectivity index (χ0) is 16.5. The van der Waals surface area contributed by atoms with E-state index in [9.17, 15) is 0 Å². The molecule has 0 aliphatic carbocycles. The Labute approximate surface area is 152 Å². The highest BCUT2D eigenvalue weighted by Crippen LogP contribution is 2.27. The molecular formula is C21H30ClNO. The van der Waals surface area contributed by atoms with Crippen molar-refractivity contribution in [2.45, 2.75) is 46.0 Å². The van der Waals surface area contributed by atoms with Crippen molar-refractivity contribution in [3.8, 4) is 5.75 Å². The smallest absolute Gasteiger partial charge is 0.122 e. The van der Waals surface area contributed by atoms with E-state index < -0.39 is 0 Å². The summed E-state index contributed by atoms with van der Waals surface area (Å²) in [6, 6.07) is 15.0. The van der Waals surface area contributed by atoms with Gasteiger partial charge in [0.05, 0.1) is 6.61 Å². The second-order valence-corrected chi connectivity index (χ2v) is 6.17. The Balaban J connectivity index is 0.00000288. The summed E-state index contributed by atoms with van der Waals surface area (Å²) in [5.74, 6) is 1.04. The fraction of sp³-hybridized carbons (Fsp3) is 0.429. The van der Waals surface area contributed by atoms with Crippen molar-refractivity contribution in [2.75, 3.05) is 13.2 Å². The predicted molar refractivity (Wildman–Crippen MR) is 105 cm³/mol. The number of aryl methyl sites for hydroxylation is 2. The van der Waals surface area contributed by atoms with Crippen molar-refractivity contribution in [1.29, 1.82) is 0 Å². The summed E-state index contributed by atoms with van der Waals surface area (Å²) >= 11 is 0. The molecule has 2 aromatic rings. The lowest BCUT2D eigenvalue weighted by Gasteiger charge is -2.16. The van der Waals surface area contributed by atoms with Crippen LogP contribution in [0.1, 0.15) is 41.5 Å². The highest BCUT2D eigenvalue weighted by atomic mass is 35.5. The van der Waals surface area contributed by atoms with Gasteiger partial charge in [-0.25, -0.2) is 0 Å². The van der Waals surface area contributed by atoms with Crippen molar-refractivity contribution < 1.29 is 4.74 Å². The second-order valence-electron chi connectivity index (χ2n) is 6.17. The van der Waals surface area contributed by atoms with Crippen LogP contribution in [0, 0.1) is 13.8 Å². The van der Waals surface area contributed by atoms with Crippen LogP contribution < -0.4 is 10.5 Å². The van der Waals surface area contributed by atoms with Gasteiger partial charge in [-0.1, -0.05) is 36.4 Å². The van der Waals surface area contributed by atoms with Gasteiger partial charge in [0.25, 0.3) is 0 Å². The molecule has 3 heteroatoms. The summed E-state index contributed by atoms with van der Waals surface area (Å²) < 4.78 is 5.95. The number of rotatable bonds is 9. The largest absolute Gasteiger partial charge is 0.493 e. The quantitative estimate of drug-likeness (QED) is 0.646. The van der Waals surface area contributed by atoms with E-state index in [2.05, 4.69) is 56.3 Å². The molecule has 0 fully saturated rings. The highest BCUT2D eigenvalue weighted by molar-refractivity contribution is 5.85. The first kappa shape index (κ1) is 20.5. The maximum atomic E-state index is 5.95. The van der Waals surface area contributed by atoms with Crippen LogP contribution in [0.15, 0.2) is 42.5 Å². The average molecular weight is 348 g/mol. The SMILES string of the molecule is Cc1ccc(OCCCN)c(CCCCc2ccccc2)c1C.Cl. The van der Waals surface area contributed by atoms with Crippen LogP contribution in [0.4, 0.5) is 0 Å². The molecule has 0 spiro atoms. The minimum atomic E-state index is 0. The third kappa shape index (κ3) is 6.18.